The van der Waals surface area contributed by atoms with E-state index in [1.807, 2.05) is 60.7 Å². The number of hydrogen-bond acceptors (Lipinski definition) is 10. The van der Waals surface area contributed by atoms with Crippen molar-refractivity contribution < 1.29 is 42.8 Å². The minimum absolute atomic E-state index is 0.113. The van der Waals surface area contributed by atoms with Crippen LogP contribution in [-0.2, 0) is 33.3 Å². The molecule has 2 N–H and O–H groups in total. The zero-order valence-electron chi connectivity index (χ0n) is 22.5. The molecule has 3 aromatic carbocycles. The van der Waals surface area contributed by atoms with Gasteiger partial charge in [0.25, 0.3) is 0 Å². The topological polar surface area (TPSA) is 117 Å². The van der Waals surface area contributed by atoms with Crippen LogP contribution >= 0.6 is 11.6 Å². The van der Waals surface area contributed by atoms with Crippen molar-refractivity contribution in [1.29, 1.82) is 0 Å². The standard InChI is InChI=1S/C29H34ClNO9/c1-33-13-15-35-19-37-25-18-23(17-24(30)28(25)38-20-36-16-14-34-2)27(40-31)29(32)39-26(21-9-5-3-6-10-21)22-11-7-4-8-12-22/h3-12,17-18,26-27H,13-16,19-20,31H2,1-2H3. The highest BCUT2D eigenvalue weighted by atomic mass is 35.5. The van der Waals surface area contributed by atoms with E-state index in [-0.39, 0.29) is 35.7 Å². The van der Waals surface area contributed by atoms with Crippen molar-refractivity contribution in [3.05, 3.63) is 94.5 Å². The second-order valence-corrected chi connectivity index (χ2v) is 8.72. The number of methoxy groups -OCH3 is 2. The van der Waals surface area contributed by atoms with Gasteiger partial charge in [0.15, 0.2) is 31.2 Å². The lowest BCUT2D eigenvalue weighted by molar-refractivity contribution is -0.162. The SMILES string of the molecule is COCCOCOc1cc(C(ON)C(=O)OC(c2ccccc2)c2ccccc2)cc(Cl)c1OCOCCOC. The Morgan fingerprint density at radius 2 is 1.32 bits per heavy atom. The Kier molecular flexibility index (Phi) is 13.7. The predicted octanol–water partition coefficient (Wildman–Crippen LogP) is 4.60. The maximum atomic E-state index is 13.4. The molecule has 40 heavy (non-hydrogen) atoms. The van der Waals surface area contributed by atoms with Gasteiger partial charge in [0.1, 0.15) is 0 Å². The van der Waals surface area contributed by atoms with Crippen LogP contribution in [0.3, 0.4) is 0 Å². The highest BCUT2D eigenvalue weighted by Gasteiger charge is 2.29. The van der Waals surface area contributed by atoms with Gasteiger partial charge in [0.2, 0.25) is 6.10 Å². The van der Waals surface area contributed by atoms with Gasteiger partial charge in [0, 0.05) is 14.2 Å². The number of carbonyl (C=O) groups excluding carboxylic acids is 1. The molecule has 0 heterocycles. The van der Waals surface area contributed by atoms with Gasteiger partial charge in [-0.25, -0.2) is 10.7 Å². The third-order valence-corrected chi connectivity index (χ3v) is 5.85. The molecule has 0 fully saturated rings. The summed E-state index contributed by atoms with van der Waals surface area (Å²) in [6, 6.07) is 21.7. The molecule has 0 aliphatic carbocycles. The molecular formula is C29H34ClNO9. The van der Waals surface area contributed by atoms with Gasteiger partial charge in [0.05, 0.1) is 31.5 Å². The first kappa shape index (κ1) is 31.3. The van der Waals surface area contributed by atoms with Crippen molar-refractivity contribution in [3.63, 3.8) is 0 Å². The largest absolute Gasteiger partial charge is 0.464 e. The molecule has 0 amide bonds. The van der Waals surface area contributed by atoms with Gasteiger partial charge >= 0.3 is 5.97 Å². The first-order chi connectivity index (χ1) is 19.6. The molecule has 1 unspecified atom stereocenters. The van der Waals surface area contributed by atoms with Gasteiger partial charge in [-0.15, -0.1) is 0 Å². The zero-order chi connectivity index (χ0) is 28.6. The molecule has 1 atom stereocenters. The minimum Gasteiger partial charge on any atom is -0.464 e. The highest BCUT2D eigenvalue weighted by molar-refractivity contribution is 6.32. The van der Waals surface area contributed by atoms with Crippen molar-refractivity contribution in [1.82, 2.24) is 0 Å². The Hall–Kier alpha value is -3.22. The van der Waals surface area contributed by atoms with Gasteiger partial charge < -0.3 is 33.2 Å². The second kappa shape index (κ2) is 17.5. The number of nitrogens with two attached hydrogens (primary N) is 1. The monoisotopic (exact) mass is 575 g/mol. The van der Waals surface area contributed by atoms with E-state index in [0.29, 0.717) is 26.4 Å². The van der Waals surface area contributed by atoms with Crippen LogP contribution in [-0.4, -0.2) is 60.2 Å². The van der Waals surface area contributed by atoms with Crippen LogP contribution < -0.4 is 15.4 Å². The Morgan fingerprint density at radius 1 is 0.775 bits per heavy atom. The molecule has 0 spiro atoms. The third-order valence-electron chi connectivity index (χ3n) is 5.57. The fourth-order valence-corrected chi connectivity index (χ4v) is 3.90. The summed E-state index contributed by atoms with van der Waals surface area (Å²) in [5, 5.41) is 0.136. The van der Waals surface area contributed by atoms with E-state index in [1.54, 1.807) is 14.2 Å². The van der Waals surface area contributed by atoms with Crippen LogP contribution in [0, 0.1) is 0 Å². The number of carbonyl (C=O) groups is 1. The first-order valence-corrected chi connectivity index (χ1v) is 12.8. The summed E-state index contributed by atoms with van der Waals surface area (Å²) < 4.78 is 38.1. The number of ether oxygens (including phenoxy) is 7. The van der Waals surface area contributed by atoms with Gasteiger partial charge in [-0.3, -0.25) is 4.84 Å². The molecular weight excluding hydrogens is 542 g/mol. The fourth-order valence-electron chi connectivity index (χ4n) is 3.63. The van der Waals surface area contributed by atoms with Gasteiger partial charge in [-0.1, -0.05) is 72.3 Å². The molecule has 10 nitrogen and oxygen atoms in total. The zero-order valence-corrected chi connectivity index (χ0v) is 23.2. The average molecular weight is 576 g/mol. The van der Waals surface area contributed by atoms with E-state index in [2.05, 4.69) is 0 Å². The summed E-state index contributed by atoms with van der Waals surface area (Å²) in [7, 11) is 3.13. The number of rotatable bonds is 18. The summed E-state index contributed by atoms with van der Waals surface area (Å²) in [4.78, 5) is 18.5. The Labute approximate surface area is 238 Å². The van der Waals surface area contributed by atoms with Crippen molar-refractivity contribution in [3.8, 4) is 11.5 Å². The normalized spacial score (nSPS) is 11.8. The second-order valence-electron chi connectivity index (χ2n) is 8.31. The van der Waals surface area contributed by atoms with Crippen LogP contribution in [0.1, 0.15) is 28.9 Å². The van der Waals surface area contributed by atoms with E-state index in [1.165, 1.54) is 12.1 Å². The van der Waals surface area contributed by atoms with E-state index in [4.69, 9.17) is 55.5 Å². The lowest BCUT2D eigenvalue weighted by Gasteiger charge is -2.23. The quantitative estimate of drug-likeness (QED) is 0.0997. The maximum Gasteiger partial charge on any atom is 0.343 e. The third kappa shape index (κ3) is 9.46. The van der Waals surface area contributed by atoms with Crippen molar-refractivity contribution in [2.24, 2.45) is 5.90 Å². The Balaban J connectivity index is 1.84. The van der Waals surface area contributed by atoms with Gasteiger partial charge in [-0.2, -0.15) is 0 Å². The van der Waals surface area contributed by atoms with E-state index in [0.717, 1.165) is 11.1 Å². The minimum atomic E-state index is -1.32. The molecule has 3 rings (SSSR count). The number of benzene rings is 3. The van der Waals surface area contributed by atoms with E-state index >= 15 is 0 Å². The Bertz CT molecular complexity index is 1110. The molecule has 11 heteroatoms. The summed E-state index contributed by atoms with van der Waals surface area (Å²) in [5.41, 5.74) is 1.85. The number of esters is 1. The van der Waals surface area contributed by atoms with Crippen molar-refractivity contribution >= 4 is 17.6 Å². The van der Waals surface area contributed by atoms with E-state index < -0.39 is 18.2 Å². The molecule has 0 aliphatic heterocycles. The molecule has 216 valence electrons. The molecule has 0 bridgehead atoms. The summed E-state index contributed by atoms with van der Waals surface area (Å²) in [5.74, 6) is 5.24. The predicted molar refractivity (Wildman–Crippen MR) is 147 cm³/mol. The molecule has 0 aliphatic rings. The van der Waals surface area contributed by atoms with Crippen LogP contribution in [0.2, 0.25) is 5.02 Å². The Morgan fingerprint density at radius 3 is 1.85 bits per heavy atom. The average Bonchev–Trinajstić information content (AvgIpc) is 2.98. The summed E-state index contributed by atoms with van der Waals surface area (Å²) in [6.07, 6.45) is -2.02. The number of hydrogen-bond donors (Lipinski definition) is 1. The molecule has 0 saturated heterocycles. The first-order valence-electron chi connectivity index (χ1n) is 12.5. The summed E-state index contributed by atoms with van der Waals surface area (Å²) in [6.45, 7) is 1.17. The lowest BCUT2D eigenvalue weighted by Crippen LogP contribution is -2.24. The molecule has 3 aromatic rings. The number of halogens is 1. The van der Waals surface area contributed by atoms with Crippen molar-refractivity contribution in [2.45, 2.75) is 12.2 Å². The smallest absolute Gasteiger partial charge is 0.343 e. The highest BCUT2D eigenvalue weighted by Crippen LogP contribution is 2.39. The molecule has 0 saturated carbocycles. The van der Waals surface area contributed by atoms with Crippen LogP contribution in [0.15, 0.2) is 72.8 Å². The fraction of sp³-hybridized carbons (Fsp3) is 0.345. The van der Waals surface area contributed by atoms with Crippen LogP contribution in [0.4, 0.5) is 0 Å². The lowest BCUT2D eigenvalue weighted by atomic mass is 10.0. The van der Waals surface area contributed by atoms with Crippen molar-refractivity contribution in [2.75, 3.05) is 54.2 Å². The van der Waals surface area contributed by atoms with Crippen LogP contribution in [0.5, 0.6) is 11.5 Å². The van der Waals surface area contributed by atoms with Crippen LogP contribution in [0.25, 0.3) is 0 Å². The molecule has 0 aromatic heterocycles. The maximum absolute atomic E-state index is 13.4. The molecule has 0 radical (unpaired) electrons. The van der Waals surface area contributed by atoms with Gasteiger partial charge in [-0.05, 0) is 28.8 Å². The summed E-state index contributed by atoms with van der Waals surface area (Å²) >= 11 is 6.55. The van der Waals surface area contributed by atoms with E-state index in [9.17, 15) is 4.79 Å².